The number of para-hydroxylation sites is 1. The molecular weight excluding hydrogens is 332 g/mol. The summed E-state index contributed by atoms with van der Waals surface area (Å²) >= 11 is 0. The number of carbonyl (C=O) groups excluding carboxylic acids is 1. The van der Waals surface area contributed by atoms with Crippen molar-refractivity contribution in [2.75, 3.05) is 5.32 Å². The van der Waals surface area contributed by atoms with E-state index in [0.29, 0.717) is 30.0 Å². The quantitative estimate of drug-likeness (QED) is 0.684. The summed E-state index contributed by atoms with van der Waals surface area (Å²) in [5.41, 5.74) is 0.122. The third-order valence-electron chi connectivity index (χ3n) is 4.54. The summed E-state index contributed by atoms with van der Waals surface area (Å²) in [6.07, 6.45) is 2.45. The van der Waals surface area contributed by atoms with Crippen LogP contribution in [0.1, 0.15) is 12.8 Å². The van der Waals surface area contributed by atoms with Gasteiger partial charge < -0.3 is 15.2 Å². The third-order valence-corrected chi connectivity index (χ3v) is 4.54. The first kappa shape index (κ1) is 16.1. The number of rotatable bonds is 5. The largest absolute Gasteiger partial charge is 0.480 e. The van der Waals surface area contributed by atoms with Gasteiger partial charge in [-0.1, -0.05) is 12.1 Å². The number of hydrogen-bond donors (Lipinski definition) is 2. The number of amides is 1. The Morgan fingerprint density at radius 3 is 2.46 bits per heavy atom. The molecule has 4 rings (SSSR count). The summed E-state index contributed by atoms with van der Waals surface area (Å²) in [6, 6.07) is 16.3. The number of fused-ring (bicyclic) bond motifs is 1. The van der Waals surface area contributed by atoms with Crippen molar-refractivity contribution in [1.29, 1.82) is 0 Å². The zero-order valence-electron chi connectivity index (χ0n) is 13.8. The number of hydrogen-bond acceptors (Lipinski definition) is 4. The molecule has 6 heteroatoms. The second-order valence-corrected chi connectivity index (χ2v) is 6.29. The molecule has 0 radical (unpaired) electrons. The monoisotopic (exact) mass is 348 g/mol. The zero-order valence-corrected chi connectivity index (χ0v) is 13.8. The fourth-order valence-electron chi connectivity index (χ4n) is 2.81. The first-order valence-electron chi connectivity index (χ1n) is 8.25. The maximum Gasteiger partial charge on any atom is 0.319 e. The van der Waals surface area contributed by atoms with E-state index in [-0.39, 0.29) is 0 Å². The lowest BCUT2D eigenvalue weighted by molar-refractivity contribution is -0.147. The predicted octanol–water partition coefficient (Wildman–Crippen LogP) is 3.83. The summed E-state index contributed by atoms with van der Waals surface area (Å²) < 4.78 is 5.92. The highest BCUT2D eigenvalue weighted by molar-refractivity contribution is 6.10. The summed E-state index contributed by atoms with van der Waals surface area (Å²) in [5, 5.41) is 12.7. The van der Waals surface area contributed by atoms with Gasteiger partial charge in [-0.3, -0.25) is 14.6 Å². The van der Waals surface area contributed by atoms with Crippen molar-refractivity contribution in [3.8, 4) is 11.5 Å². The standard InChI is InChI=1S/C20H16N2O4/c23-18(20(10-11-20)19(24)25)22-13-5-7-14(8-6-13)26-17-9-12-21-16-4-2-1-3-15(16)17/h1-9,12H,10-11H2,(H,22,23)(H,24,25). The van der Waals surface area contributed by atoms with E-state index in [0.717, 1.165) is 10.9 Å². The van der Waals surface area contributed by atoms with Gasteiger partial charge in [-0.05, 0) is 55.3 Å². The van der Waals surface area contributed by atoms with Crippen LogP contribution in [0.2, 0.25) is 0 Å². The van der Waals surface area contributed by atoms with E-state index >= 15 is 0 Å². The lowest BCUT2D eigenvalue weighted by atomic mass is 10.1. The Morgan fingerprint density at radius 2 is 1.77 bits per heavy atom. The molecule has 2 N–H and O–H groups in total. The van der Waals surface area contributed by atoms with Gasteiger partial charge in [0, 0.05) is 17.3 Å². The van der Waals surface area contributed by atoms with Crippen LogP contribution in [-0.2, 0) is 9.59 Å². The molecule has 0 bridgehead atoms. The van der Waals surface area contributed by atoms with E-state index in [1.807, 2.05) is 24.3 Å². The van der Waals surface area contributed by atoms with Gasteiger partial charge >= 0.3 is 5.97 Å². The second-order valence-electron chi connectivity index (χ2n) is 6.29. The molecule has 1 fully saturated rings. The van der Waals surface area contributed by atoms with Crippen molar-refractivity contribution >= 4 is 28.5 Å². The van der Waals surface area contributed by atoms with Gasteiger partial charge in [-0.15, -0.1) is 0 Å². The minimum absolute atomic E-state index is 0.379. The molecule has 3 aromatic rings. The van der Waals surface area contributed by atoms with Crippen LogP contribution in [0.15, 0.2) is 60.8 Å². The Balaban J connectivity index is 1.50. The van der Waals surface area contributed by atoms with Crippen molar-refractivity contribution in [3.05, 3.63) is 60.8 Å². The number of pyridine rings is 1. The molecule has 6 nitrogen and oxygen atoms in total. The first-order chi connectivity index (χ1) is 12.6. The Bertz CT molecular complexity index is 989. The molecule has 1 amide bonds. The fourth-order valence-corrected chi connectivity index (χ4v) is 2.81. The van der Waals surface area contributed by atoms with Crippen molar-refractivity contribution in [2.45, 2.75) is 12.8 Å². The summed E-state index contributed by atoms with van der Waals surface area (Å²) in [5.74, 6) is -0.243. The van der Waals surface area contributed by atoms with Gasteiger partial charge in [-0.25, -0.2) is 0 Å². The number of nitrogens with one attached hydrogen (secondary N) is 1. The van der Waals surface area contributed by atoms with Gasteiger partial charge in [0.1, 0.15) is 16.9 Å². The van der Waals surface area contributed by atoms with Crippen molar-refractivity contribution in [3.63, 3.8) is 0 Å². The smallest absolute Gasteiger partial charge is 0.319 e. The van der Waals surface area contributed by atoms with Crippen molar-refractivity contribution < 1.29 is 19.4 Å². The molecule has 1 aromatic heterocycles. The van der Waals surface area contributed by atoms with Crippen LogP contribution in [0, 0.1) is 5.41 Å². The zero-order chi connectivity index (χ0) is 18.1. The normalized spacial score (nSPS) is 14.6. The average Bonchev–Trinajstić information content (AvgIpc) is 3.46. The molecule has 0 spiro atoms. The minimum Gasteiger partial charge on any atom is -0.480 e. The fraction of sp³-hybridized carbons (Fsp3) is 0.150. The highest BCUT2D eigenvalue weighted by atomic mass is 16.5. The van der Waals surface area contributed by atoms with E-state index in [9.17, 15) is 9.59 Å². The molecule has 1 saturated carbocycles. The Labute approximate surface area is 149 Å². The number of anilines is 1. The SMILES string of the molecule is O=C(O)C1(C(=O)Nc2ccc(Oc3ccnc4ccccc34)cc2)CC1. The molecule has 0 atom stereocenters. The molecular formula is C20H16N2O4. The van der Waals surface area contributed by atoms with Gasteiger partial charge in [0.25, 0.3) is 0 Å². The van der Waals surface area contributed by atoms with E-state index in [1.165, 1.54) is 0 Å². The van der Waals surface area contributed by atoms with Crippen LogP contribution < -0.4 is 10.1 Å². The predicted molar refractivity (Wildman–Crippen MR) is 96.2 cm³/mol. The minimum atomic E-state index is -1.26. The molecule has 130 valence electrons. The van der Waals surface area contributed by atoms with Crippen LogP contribution in [0.4, 0.5) is 5.69 Å². The molecule has 26 heavy (non-hydrogen) atoms. The number of aromatic nitrogens is 1. The molecule has 1 aliphatic carbocycles. The van der Waals surface area contributed by atoms with Crippen LogP contribution in [-0.4, -0.2) is 22.0 Å². The van der Waals surface area contributed by atoms with E-state index in [1.54, 1.807) is 36.5 Å². The van der Waals surface area contributed by atoms with E-state index < -0.39 is 17.3 Å². The summed E-state index contributed by atoms with van der Waals surface area (Å²) in [6.45, 7) is 0. The van der Waals surface area contributed by atoms with Crippen molar-refractivity contribution in [1.82, 2.24) is 4.98 Å². The highest BCUT2D eigenvalue weighted by Crippen LogP contribution is 2.46. The van der Waals surface area contributed by atoms with Crippen molar-refractivity contribution in [2.24, 2.45) is 5.41 Å². The van der Waals surface area contributed by atoms with Crippen LogP contribution in [0.5, 0.6) is 11.5 Å². The molecule has 0 aliphatic heterocycles. The first-order valence-corrected chi connectivity index (χ1v) is 8.25. The van der Waals surface area contributed by atoms with Gasteiger partial charge in [0.05, 0.1) is 5.52 Å². The Hall–Kier alpha value is -3.41. The molecule has 0 unspecified atom stereocenters. The van der Waals surface area contributed by atoms with E-state index in [2.05, 4.69) is 10.3 Å². The van der Waals surface area contributed by atoms with Gasteiger partial charge in [-0.2, -0.15) is 0 Å². The molecule has 1 heterocycles. The number of nitrogens with zero attached hydrogens (tertiary/aromatic N) is 1. The number of carboxylic acid groups (broad SMARTS) is 1. The number of ether oxygens (including phenoxy) is 1. The number of carboxylic acids is 1. The summed E-state index contributed by atoms with van der Waals surface area (Å²) in [4.78, 5) is 27.6. The Kier molecular flexibility index (Phi) is 3.80. The third kappa shape index (κ3) is 2.86. The maximum absolute atomic E-state index is 12.1. The van der Waals surface area contributed by atoms with Gasteiger partial charge in [0.2, 0.25) is 5.91 Å². The average molecular weight is 348 g/mol. The number of carbonyl (C=O) groups is 2. The maximum atomic E-state index is 12.1. The molecule has 1 aliphatic rings. The van der Waals surface area contributed by atoms with E-state index in [4.69, 9.17) is 9.84 Å². The number of benzene rings is 2. The van der Waals surface area contributed by atoms with Crippen LogP contribution >= 0.6 is 0 Å². The topological polar surface area (TPSA) is 88.5 Å². The second kappa shape index (κ2) is 6.15. The lowest BCUT2D eigenvalue weighted by Gasteiger charge is -2.12. The lowest BCUT2D eigenvalue weighted by Crippen LogP contribution is -2.31. The van der Waals surface area contributed by atoms with Crippen LogP contribution in [0.3, 0.4) is 0 Å². The Morgan fingerprint density at radius 1 is 1.04 bits per heavy atom. The summed E-state index contributed by atoms with van der Waals surface area (Å²) in [7, 11) is 0. The molecule has 2 aromatic carbocycles. The molecule has 0 saturated heterocycles. The van der Waals surface area contributed by atoms with Gasteiger partial charge in [0.15, 0.2) is 0 Å². The van der Waals surface area contributed by atoms with Crippen LogP contribution in [0.25, 0.3) is 10.9 Å². The highest BCUT2D eigenvalue weighted by Gasteiger charge is 2.57. The number of aliphatic carboxylic acids is 1.